The lowest BCUT2D eigenvalue weighted by atomic mass is 9.44. The average molecular weight is 469 g/mol. The largest absolute Gasteiger partial charge is 0.454 e. The summed E-state index contributed by atoms with van der Waals surface area (Å²) in [6.07, 6.45) is 5.45. The molecule has 0 amide bonds. The zero-order valence-electron chi connectivity index (χ0n) is 20.8. The van der Waals surface area contributed by atoms with Crippen molar-refractivity contribution in [3.63, 3.8) is 0 Å². The van der Waals surface area contributed by atoms with Gasteiger partial charge in [-0.25, -0.2) is 4.79 Å². The second kappa shape index (κ2) is 6.92. The summed E-state index contributed by atoms with van der Waals surface area (Å²) < 4.78 is 12.0. The molecule has 0 aromatic rings. The first kappa shape index (κ1) is 22.7. The van der Waals surface area contributed by atoms with Gasteiger partial charge in [-0.15, -0.1) is 0 Å². The van der Waals surface area contributed by atoms with E-state index in [1.54, 1.807) is 19.1 Å². The van der Waals surface area contributed by atoms with Crippen LogP contribution in [0.3, 0.4) is 0 Å². The predicted molar refractivity (Wildman–Crippen MR) is 124 cm³/mol. The summed E-state index contributed by atoms with van der Waals surface area (Å²) >= 11 is 0. The second-order valence-electron chi connectivity index (χ2n) is 12.2. The monoisotopic (exact) mass is 468 g/mol. The molecule has 2 aliphatic heterocycles. The van der Waals surface area contributed by atoms with Gasteiger partial charge in [-0.3, -0.25) is 4.79 Å². The van der Waals surface area contributed by atoms with Gasteiger partial charge in [-0.05, 0) is 93.8 Å². The summed E-state index contributed by atoms with van der Waals surface area (Å²) in [5.41, 5.74) is 1.43. The van der Waals surface area contributed by atoms with Gasteiger partial charge in [-0.2, -0.15) is 0 Å². The van der Waals surface area contributed by atoms with E-state index in [-0.39, 0.29) is 53.2 Å². The maximum Gasteiger partial charge on any atom is 0.334 e. The van der Waals surface area contributed by atoms with E-state index >= 15 is 0 Å². The fourth-order valence-electron chi connectivity index (χ4n) is 8.81. The number of esters is 1. The highest BCUT2D eigenvalue weighted by Gasteiger charge is 2.77. The van der Waals surface area contributed by atoms with E-state index in [4.69, 9.17) is 9.47 Å². The molecule has 0 aromatic carbocycles. The molecule has 0 aromatic heterocycles. The molecule has 0 spiro atoms. The number of hydrogen-bond donors (Lipinski definition) is 2. The van der Waals surface area contributed by atoms with Crippen molar-refractivity contribution in [2.24, 2.45) is 28.6 Å². The van der Waals surface area contributed by atoms with Gasteiger partial charge in [0.05, 0.1) is 17.6 Å². The molecule has 0 unspecified atom stereocenters. The van der Waals surface area contributed by atoms with E-state index < -0.39 is 17.1 Å². The van der Waals surface area contributed by atoms with E-state index in [2.05, 4.69) is 6.92 Å². The van der Waals surface area contributed by atoms with Gasteiger partial charge >= 0.3 is 5.97 Å². The Balaban J connectivity index is 1.39. The molecular weight excluding hydrogens is 432 g/mol. The lowest BCUT2D eigenvalue weighted by molar-refractivity contribution is -0.178. The molecule has 2 N–H and O–H groups in total. The van der Waals surface area contributed by atoms with Crippen molar-refractivity contribution >= 4 is 11.8 Å². The number of aliphatic hydroxyl groups excluding tert-OH is 1. The first-order valence-corrected chi connectivity index (χ1v) is 12.8. The lowest BCUT2D eigenvalue weighted by Gasteiger charge is -2.59. The predicted octanol–water partition coefficient (Wildman–Crippen LogP) is 3.42. The van der Waals surface area contributed by atoms with Crippen LogP contribution in [0.15, 0.2) is 34.4 Å². The van der Waals surface area contributed by atoms with Gasteiger partial charge in [0.2, 0.25) is 0 Å². The van der Waals surface area contributed by atoms with E-state index in [0.717, 1.165) is 29.6 Å². The van der Waals surface area contributed by atoms with Crippen LogP contribution in [0.25, 0.3) is 0 Å². The van der Waals surface area contributed by atoms with Crippen LogP contribution in [0.1, 0.15) is 66.7 Å². The van der Waals surface area contributed by atoms with Crippen LogP contribution < -0.4 is 0 Å². The highest BCUT2D eigenvalue weighted by molar-refractivity contribution is 5.97. The van der Waals surface area contributed by atoms with E-state index in [1.807, 2.05) is 20.8 Å². The molecule has 4 fully saturated rings. The lowest BCUT2D eigenvalue weighted by Crippen LogP contribution is -2.67. The maximum atomic E-state index is 13.3. The Bertz CT molecular complexity index is 1080. The third-order valence-corrected chi connectivity index (χ3v) is 11.0. The molecule has 2 heterocycles. The molecular formula is C28H36O6. The molecule has 3 saturated carbocycles. The first-order chi connectivity index (χ1) is 15.9. The summed E-state index contributed by atoms with van der Waals surface area (Å²) in [6, 6.07) is 0. The average Bonchev–Trinajstić information content (AvgIpc) is 3.53. The number of cyclic esters (lactones) is 1. The van der Waals surface area contributed by atoms with E-state index in [0.29, 0.717) is 24.8 Å². The summed E-state index contributed by atoms with van der Waals surface area (Å²) in [6.45, 7) is 9.98. The molecule has 6 heteroatoms. The van der Waals surface area contributed by atoms with Crippen LogP contribution in [-0.2, 0) is 19.1 Å². The number of aliphatic hydroxyl groups is 2. The van der Waals surface area contributed by atoms with Crippen LogP contribution in [-0.4, -0.2) is 52.0 Å². The molecule has 4 aliphatic carbocycles. The van der Waals surface area contributed by atoms with Crippen LogP contribution in [0.2, 0.25) is 0 Å². The summed E-state index contributed by atoms with van der Waals surface area (Å²) in [5, 5.41) is 23.1. The molecule has 184 valence electrons. The molecule has 6 nitrogen and oxygen atoms in total. The molecule has 10 atom stereocenters. The number of ether oxygens (including phenoxy) is 2. The Morgan fingerprint density at radius 3 is 2.62 bits per heavy atom. The number of epoxide rings is 1. The molecule has 1 saturated heterocycles. The smallest absolute Gasteiger partial charge is 0.334 e. The number of allylic oxidation sites excluding steroid dienone is 1. The third-order valence-electron chi connectivity index (χ3n) is 11.0. The molecule has 0 radical (unpaired) electrons. The normalized spacial score (nSPS) is 53.0. The van der Waals surface area contributed by atoms with Crippen LogP contribution >= 0.6 is 0 Å². The Kier molecular flexibility index (Phi) is 4.62. The SMILES string of the molecule is CC1=C(C)C(=O)O[C@@H](/C(C)=C2/[C@@H](O)C[C@H]3[C@@H]4[C@@H]5O[C@@H]5[C@@]5(O)CC=CC(=O)[C@]5(C)[C@H]4CC[C@]23C)C1. The van der Waals surface area contributed by atoms with Gasteiger partial charge in [0, 0.05) is 12.0 Å². The number of rotatable bonds is 1. The molecule has 34 heavy (non-hydrogen) atoms. The zero-order valence-corrected chi connectivity index (χ0v) is 20.8. The van der Waals surface area contributed by atoms with Crippen molar-refractivity contribution in [3.05, 3.63) is 34.4 Å². The van der Waals surface area contributed by atoms with Crippen LogP contribution in [0, 0.1) is 28.6 Å². The zero-order chi connectivity index (χ0) is 24.4. The number of fused-ring (bicyclic) bond motifs is 8. The summed E-state index contributed by atoms with van der Waals surface area (Å²) in [5.74, 6) is 0.0142. The van der Waals surface area contributed by atoms with Gasteiger partial charge in [0.25, 0.3) is 0 Å². The summed E-state index contributed by atoms with van der Waals surface area (Å²) in [7, 11) is 0. The van der Waals surface area contributed by atoms with E-state index in [1.165, 1.54) is 0 Å². The molecule has 6 aliphatic rings. The standard InChI is InChI=1S/C28H36O6/c1-13-11-19(33-25(31)14(13)2)15(3)22-18(29)12-17-21-16(8-10-26(17,22)4)27(5)20(30)7-6-9-28(27,32)24-23(21)34-24/h6-7,16-19,21,23-24,29,32H,8-12H2,1-5H3/b22-15-/t16-,17-,18-,19+,21+,23-,24-,26-,27-,28-/m0/s1. The Labute approximate surface area is 201 Å². The number of hydrogen-bond acceptors (Lipinski definition) is 6. The van der Waals surface area contributed by atoms with Gasteiger partial charge in [0.1, 0.15) is 17.8 Å². The Morgan fingerprint density at radius 1 is 1.18 bits per heavy atom. The fraction of sp³-hybridized carbons (Fsp3) is 0.714. The minimum absolute atomic E-state index is 0.00560. The van der Waals surface area contributed by atoms with Crippen molar-refractivity contribution < 1.29 is 29.3 Å². The number of ketones is 1. The minimum atomic E-state index is -1.15. The van der Waals surface area contributed by atoms with Gasteiger partial charge in [0.15, 0.2) is 5.78 Å². The van der Waals surface area contributed by atoms with Gasteiger partial charge in [-0.1, -0.05) is 18.6 Å². The van der Waals surface area contributed by atoms with Crippen molar-refractivity contribution in [2.45, 2.75) is 96.7 Å². The summed E-state index contributed by atoms with van der Waals surface area (Å²) in [4.78, 5) is 25.7. The second-order valence-corrected chi connectivity index (χ2v) is 12.2. The quantitative estimate of drug-likeness (QED) is 0.348. The highest BCUT2D eigenvalue weighted by Crippen LogP contribution is 2.71. The highest BCUT2D eigenvalue weighted by atomic mass is 16.6. The topological polar surface area (TPSA) is 96.4 Å². The molecule has 0 bridgehead atoms. The van der Waals surface area contributed by atoms with E-state index in [9.17, 15) is 19.8 Å². The van der Waals surface area contributed by atoms with Crippen molar-refractivity contribution in [1.29, 1.82) is 0 Å². The van der Waals surface area contributed by atoms with Crippen LogP contribution in [0.4, 0.5) is 0 Å². The minimum Gasteiger partial charge on any atom is -0.454 e. The Morgan fingerprint density at radius 2 is 1.91 bits per heavy atom. The first-order valence-electron chi connectivity index (χ1n) is 12.8. The van der Waals surface area contributed by atoms with Gasteiger partial charge < -0.3 is 19.7 Å². The number of carbonyl (C=O) groups is 2. The van der Waals surface area contributed by atoms with Crippen LogP contribution in [0.5, 0.6) is 0 Å². The Hall–Kier alpha value is -1.76. The third kappa shape index (κ3) is 2.57. The van der Waals surface area contributed by atoms with Crippen molar-refractivity contribution in [2.75, 3.05) is 0 Å². The van der Waals surface area contributed by atoms with Crippen molar-refractivity contribution in [3.8, 4) is 0 Å². The number of carbonyl (C=O) groups excluding carboxylic acids is 2. The maximum absolute atomic E-state index is 13.3. The molecule has 6 rings (SSSR count). The van der Waals surface area contributed by atoms with Crippen molar-refractivity contribution in [1.82, 2.24) is 0 Å². The fourth-order valence-corrected chi connectivity index (χ4v) is 8.81.